The lowest BCUT2D eigenvalue weighted by molar-refractivity contribution is -0.161. The number of esters is 4. The number of unbranched alkanes of at least 4 members (excludes halogenated alkanes) is 51. The Bertz CT molecular complexity index is 2100. The van der Waals surface area contributed by atoms with Crippen molar-refractivity contribution in [2.75, 3.05) is 39.6 Å². The van der Waals surface area contributed by atoms with Crippen molar-refractivity contribution in [1.29, 1.82) is 0 Å². The molecule has 3 unspecified atom stereocenters. The summed E-state index contributed by atoms with van der Waals surface area (Å²) in [5.74, 6) is 1.09. The smallest absolute Gasteiger partial charge is 0.462 e. The molecular weight excluding hydrogens is 1400 g/mol. The van der Waals surface area contributed by atoms with E-state index in [4.69, 9.17) is 37.0 Å². The molecule has 0 amide bonds. The molecule has 17 nitrogen and oxygen atoms in total. The normalized spacial score (nSPS) is 14.1. The van der Waals surface area contributed by atoms with E-state index < -0.39 is 97.5 Å². The van der Waals surface area contributed by atoms with Crippen LogP contribution in [0.2, 0.25) is 0 Å². The monoisotopic (exact) mass is 1580 g/mol. The van der Waals surface area contributed by atoms with Crippen molar-refractivity contribution in [2.45, 2.75) is 485 Å². The van der Waals surface area contributed by atoms with E-state index >= 15 is 0 Å². The summed E-state index contributed by atoms with van der Waals surface area (Å²) in [6.07, 6.45) is 68.1. The number of aliphatic hydroxyl groups is 1. The largest absolute Gasteiger partial charge is 0.472 e. The van der Waals surface area contributed by atoms with E-state index in [1.54, 1.807) is 0 Å². The Hall–Kier alpha value is -1.94. The van der Waals surface area contributed by atoms with Crippen molar-refractivity contribution in [3.05, 3.63) is 0 Å². The maximum absolute atomic E-state index is 13.2. The minimum atomic E-state index is -4.97. The number of carbonyl (C=O) groups excluding carboxylic acids is 4. The Balaban J connectivity index is 5.24. The maximum atomic E-state index is 13.2. The van der Waals surface area contributed by atoms with Gasteiger partial charge in [0.2, 0.25) is 0 Å². The first kappa shape index (κ1) is 106. The topological polar surface area (TPSA) is 237 Å². The van der Waals surface area contributed by atoms with Gasteiger partial charge in [-0.1, -0.05) is 415 Å². The quantitative estimate of drug-likeness (QED) is 0.0222. The molecule has 0 aromatic rings. The van der Waals surface area contributed by atoms with Gasteiger partial charge in [0.25, 0.3) is 0 Å². The Labute approximate surface area is 664 Å². The molecule has 0 aromatic carbocycles. The maximum Gasteiger partial charge on any atom is 0.472 e. The van der Waals surface area contributed by atoms with E-state index in [1.807, 2.05) is 0 Å². The third kappa shape index (κ3) is 80.7. The Morgan fingerprint density at radius 3 is 0.657 bits per heavy atom. The number of hydrogen-bond donors (Lipinski definition) is 3. The predicted molar refractivity (Wildman–Crippen MR) is 446 cm³/mol. The first-order valence-electron chi connectivity index (χ1n) is 45.7. The van der Waals surface area contributed by atoms with Gasteiger partial charge in [0.1, 0.15) is 19.3 Å². The van der Waals surface area contributed by atoms with Crippen LogP contribution >= 0.6 is 15.6 Å². The lowest BCUT2D eigenvalue weighted by atomic mass is 9.99. The fraction of sp³-hybridized carbons (Fsp3) is 0.955. The molecule has 0 rings (SSSR count). The minimum absolute atomic E-state index is 0.107. The highest BCUT2D eigenvalue weighted by Gasteiger charge is 2.31. The number of phosphoric acid groups is 2. The standard InChI is InChI=1S/C89H174O17P2/c1-9-82(8)68-60-52-44-35-29-23-17-12-10-11-13-19-25-31-37-47-55-63-71-88(93)105-84(75-99-86(91)69-61-53-45-36-30-24-18-15-14-16-21-27-33-41-49-57-65-79(2)3)77-103-107(95,96)101-73-83(90)74-102-108(97,98)104-78-85(76-100-87(92)70-62-54-46-40-39-43-51-59-67-81(6)7)106-89(94)72-64-56-48-38-32-26-20-22-28-34-42-50-58-66-80(4)5/h79-85,90H,9-78H2,1-8H3,(H,95,96)(H,97,98)/t82?,83-,84-,85-/m1/s1. The van der Waals surface area contributed by atoms with E-state index in [1.165, 1.54) is 270 Å². The number of rotatable bonds is 86. The molecule has 0 aliphatic heterocycles. The molecule has 0 spiro atoms. The third-order valence-electron chi connectivity index (χ3n) is 21.2. The molecule has 0 saturated heterocycles. The highest BCUT2D eigenvalue weighted by atomic mass is 31.2. The van der Waals surface area contributed by atoms with Gasteiger partial charge in [-0.2, -0.15) is 0 Å². The molecule has 0 heterocycles. The van der Waals surface area contributed by atoms with E-state index in [2.05, 4.69) is 55.4 Å². The van der Waals surface area contributed by atoms with Crippen LogP contribution in [0.3, 0.4) is 0 Å². The summed E-state index contributed by atoms with van der Waals surface area (Å²) in [6, 6.07) is 0. The molecule has 0 aliphatic carbocycles. The second kappa shape index (κ2) is 77.6. The van der Waals surface area contributed by atoms with Crippen LogP contribution < -0.4 is 0 Å². The molecule has 0 aromatic heterocycles. The summed E-state index contributed by atoms with van der Waals surface area (Å²) in [7, 11) is -9.93. The van der Waals surface area contributed by atoms with Crippen LogP contribution in [0.1, 0.15) is 466 Å². The zero-order valence-electron chi connectivity index (χ0n) is 71.5. The summed E-state index contributed by atoms with van der Waals surface area (Å²) < 4.78 is 69.0. The molecule has 0 fully saturated rings. The fourth-order valence-corrected chi connectivity index (χ4v) is 15.4. The molecule has 19 heteroatoms. The van der Waals surface area contributed by atoms with E-state index in [0.717, 1.165) is 114 Å². The SMILES string of the molecule is CCC(C)CCCCCCCCCCCCCCCCCCCCC(=O)O[C@H](COC(=O)CCCCCCCCCCCCCCCCCCC(C)C)COP(=O)(O)OC[C@@H](O)COP(=O)(O)OC[C@@H](COC(=O)CCCCCCCCCCC(C)C)OC(=O)CCCCCCCCCCCCCCCC(C)C. The fourth-order valence-electron chi connectivity index (χ4n) is 13.8. The van der Waals surface area contributed by atoms with Gasteiger partial charge >= 0.3 is 39.5 Å². The zero-order chi connectivity index (χ0) is 79.5. The number of ether oxygens (including phenoxy) is 4. The number of carbonyl (C=O) groups is 4. The van der Waals surface area contributed by atoms with Crippen LogP contribution in [0.25, 0.3) is 0 Å². The van der Waals surface area contributed by atoms with Crippen molar-refractivity contribution in [3.63, 3.8) is 0 Å². The van der Waals surface area contributed by atoms with Gasteiger partial charge in [0.15, 0.2) is 12.2 Å². The lowest BCUT2D eigenvalue weighted by Crippen LogP contribution is -2.30. The van der Waals surface area contributed by atoms with Crippen LogP contribution in [-0.2, 0) is 65.4 Å². The third-order valence-corrected chi connectivity index (χ3v) is 23.1. The van der Waals surface area contributed by atoms with Crippen LogP contribution in [0.5, 0.6) is 0 Å². The first-order valence-corrected chi connectivity index (χ1v) is 48.7. The number of hydrogen-bond acceptors (Lipinski definition) is 15. The van der Waals surface area contributed by atoms with Gasteiger partial charge in [-0.05, 0) is 49.4 Å². The molecule has 0 bridgehead atoms. The zero-order valence-corrected chi connectivity index (χ0v) is 73.3. The molecule has 0 radical (unpaired) electrons. The minimum Gasteiger partial charge on any atom is -0.462 e. The van der Waals surface area contributed by atoms with E-state index in [-0.39, 0.29) is 25.7 Å². The van der Waals surface area contributed by atoms with Crippen molar-refractivity contribution >= 4 is 39.5 Å². The first-order chi connectivity index (χ1) is 52.1. The van der Waals surface area contributed by atoms with Gasteiger partial charge in [-0.3, -0.25) is 37.3 Å². The van der Waals surface area contributed by atoms with Crippen molar-refractivity contribution in [1.82, 2.24) is 0 Å². The average molecular weight is 1580 g/mol. The number of phosphoric ester groups is 2. The highest BCUT2D eigenvalue weighted by molar-refractivity contribution is 7.47. The molecule has 0 saturated carbocycles. The molecule has 3 N–H and O–H groups in total. The molecular formula is C89H174O17P2. The van der Waals surface area contributed by atoms with Crippen molar-refractivity contribution in [2.24, 2.45) is 23.7 Å². The second-order valence-corrected chi connectivity index (χ2v) is 36.6. The highest BCUT2D eigenvalue weighted by Crippen LogP contribution is 2.45. The average Bonchev–Trinajstić information content (AvgIpc) is 0.899. The summed E-state index contributed by atoms with van der Waals surface area (Å²) in [6.45, 7) is 14.4. The van der Waals surface area contributed by atoms with Gasteiger partial charge in [0.05, 0.1) is 26.4 Å². The summed E-state index contributed by atoms with van der Waals surface area (Å²) in [4.78, 5) is 73.3. The second-order valence-electron chi connectivity index (χ2n) is 33.7. The van der Waals surface area contributed by atoms with E-state index in [9.17, 15) is 43.2 Å². The summed E-state index contributed by atoms with van der Waals surface area (Å²) in [5.41, 5.74) is 0. The van der Waals surface area contributed by atoms with Gasteiger partial charge in [-0.25, -0.2) is 9.13 Å². The molecule has 6 atom stereocenters. The van der Waals surface area contributed by atoms with Gasteiger partial charge < -0.3 is 33.8 Å². The molecule has 642 valence electrons. The van der Waals surface area contributed by atoms with Crippen LogP contribution in [0.4, 0.5) is 0 Å². The summed E-state index contributed by atoms with van der Waals surface area (Å²) in [5, 5.41) is 10.7. The predicted octanol–water partition coefficient (Wildman–Crippen LogP) is 27.1. The van der Waals surface area contributed by atoms with E-state index in [0.29, 0.717) is 25.7 Å². The molecule has 108 heavy (non-hydrogen) atoms. The Kier molecular flexibility index (Phi) is 76.2. The van der Waals surface area contributed by atoms with Crippen LogP contribution in [0.15, 0.2) is 0 Å². The lowest BCUT2D eigenvalue weighted by Gasteiger charge is -2.21. The van der Waals surface area contributed by atoms with Gasteiger partial charge in [0, 0.05) is 25.7 Å². The van der Waals surface area contributed by atoms with Gasteiger partial charge in [-0.15, -0.1) is 0 Å². The summed E-state index contributed by atoms with van der Waals surface area (Å²) >= 11 is 0. The van der Waals surface area contributed by atoms with Crippen LogP contribution in [-0.4, -0.2) is 96.7 Å². The van der Waals surface area contributed by atoms with Crippen LogP contribution in [0, 0.1) is 23.7 Å². The Morgan fingerprint density at radius 1 is 0.259 bits per heavy atom. The molecule has 0 aliphatic rings. The van der Waals surface area contributed by atoms with Crippen molar-refractivity contribution < 1.29 is 80.2 Å². The van der Waals surface area contributed by atoms with Crippen molar-refractivity contribution in [3.8, 4) is 0 Å². The Morgan fingerprint density at radius 2 is 0.444 bits per heavy atom. The number of aliphatic hydroxyl groups excluding tert-OH is 1.